The van der Waals surface area contributed by atoms with Gasteiger partial charge in [0.15, 0.2) is 0 Å². The van der Waals surface area contributed by atoms with Gasteiger partial charge >= 0.3 is 6.18 Å². The van der Waals surface area contributed by atoms with E-state index in [0.717, 1.165) is 44.9 Å². The molecule has 3 N–H and O–H groups in total. The predicted molar refractivity (Wildman–Crippen MR) is 62.9 cm³/mol. The molecule has 2 saturated carbocycles. The van der Waals surface area contributed by atoms with Gasteiger partial charge in [-0.05, 0) is 37.5 Å². The molecule has 0 heterocycles. The predicted octanol–water partition coefficient (Wildman–Crippen LogP) is 2.99. The summed E-state index contributed by atoms with van der Waals surface area (Å²) in [6.45, 7) is 0. The zero-order valence-electron chi connectivity index (χ0n) is 10.5. The fourth-order valence-corrected chi connectivity index (χ4v) is 3.06. The smallest absolute Gasteiger partial charge is 0.384 e. The van der Waals surface area contributed by atoms with Crippen LogP contribution in [0.5, 0.6) is 0 Å². The average Bonchev–Trinajstić information content (AvgIpc) is 2.98. The minimum Gasteiger partial charge on any atom is -0.384 e. The van der Waals surface area contributed by atoms with Gasteiger partial charge in [0.2, 0.25) is 0 Å². The summed E-state index contributed by atoms with van der Waals surface area (Å²) in [5.41, 5.74) is 6.11. The van der Waals surface area contributed by atoms with Crippen molar-refractivity contribution in [2.45, 2.75) is 69.2 Å². The highest BCUT2D eigenvalue weighted by Gasteiger charge is 2.42. The summed E-state index contributed by atoms with van der Waals surface area (Å²) < 4.78 is 36.7. The Kier molecular flexibility index (Phi) is 3.93. The fraction of sp³-hybridized carbons (Fsp3) is 1.00. The lowest BCUT2D eigenvalue weighted by molar-refractivity contribution is -0.209. The van der Waals surface area contributed by atoms with E-state index < -0.39 is 12.3 Å². The summed E-state index contributed by atoms with van der Waals surface area (Å²) >= 11 is 0. The summed E-state index contributed by atoms with van der Waals surface area (Å²) in [6, 6.07) is 0. The van der Waals surface area contributed by atoms with E-state index in [1.165, 1.54) is 0 Å². The Labute approximate surface area is 106 Å². The van der Waals surface area contributed by atoms with Gasteiger partial charge in [0, 0.05) is 5.54 Å². The number of nitrogens with two attached hydrogens (primary N) is 1. The van der Waals surface area contributed by atoms with Crippen molar-refractivity contribution in [1.29, 1.82) is 0 Å². The molecule has 1 unspecified atom stereocenters. The molecule has 0 spiro atoms. The normalized spacial score (nSPS) is 33.2. The van der Waals surface area contributed by atoms with Crippen molar-refractivity contribution in [3.63, 3.8) is 0 Å². The summed E-state index contributed by atoms with van der Waals surface area (Å²) in [4.78, 5) is 0. The van der Waals surface area contributed by atoms with Gasteiger partial charge in [0.05, 0.1) is 0 Å². The van der Waals surface area contributed by atoms with E-state index in [1.54, 1.807) is 0 Å². The monoisotopic (exact) mass is 265 g/mol. The van der Waals surface area contributed by atoms with Crippen molar-refractivity contribution in [1.82, 2.24) is 0 Å². The van der Waals surface area contributed by atoms with Gasteiger partial charge in [-0.2, -0.15) is 13.2 Å². The van der Waals surface area contributed by atoms with Crippen molar-refractivity contribution in [2.75, 3.05) is 0 Å². The van der Waals surface area contributed by atoms with Gasteiger partial charge in [0.25, 0.3) is 0 Å². The third-order valence-corrected chi connectivity index (χ3v) is 4.49. The minimum absolute atomic E-state index is 0.0193. The highest BCUT2D eigenvalue weighted by atomic mass is 19.4. The maximum atomic E-state index is 12.2. The van der Waals surface area contributed by atoms with Crippen LogP contribution in [0.25, 0.3) is 0 Å². The first-order chi connectivity index (χ1) is 8.28. The van der Waals surface area contributed by atoms with Crippen LogP contribution in [0.3, 0.4) is 0 Å². The maximum Gasteiger partial charge on any atom is 0.414 e. The standard InChI is InChI=1S/C13H22F3NO/c14-13(15,16)11(18)7-9-1-3-10(4-2-9)8-12(17)5-6-12/h9-11,18H,1-8,17H2. The molecule has 0 radical (unpaired) electrons. The van der Waals surface area contributed by atoms with E-state index in [1.807, 2.05) is 0 Å². The van der Waals surface area contributed by atoms with E-state index >= 15 is 0 Å². The Hall–Kier alpha value is -0.290. The van der Waals surface area contributed by atoms with Crippen LogP contribution in [-0.2, 0) is 0 Å². The summed E-state index contributed by atoms with van der Waals surface area (Å²) in [6.07, 6.45) is 0.00438. The number of aliphatic hydroxyl groups is 1. The van der Waals surface area contributed by atoms with E-state index in [2.05, 4.69) is 0 Å². The number of alkyl halides is 3. The lowest BCUT2D eigenvalue weighted by atomic mass is 9.77. The van der Waals surface area contributed by atoms with Crippen LogP contribution in [-0.4, -0.2) is 22.9 Å². The Morgan fingerprint density at radius 1 is 1.11 bits per heavy atom. The van der Waals surface area contributed by atoms with Gasteiger partial charge < -0.3 is 10.8 Å². The van der Waals surface area contributed by atoms with Gasteiger partial charge in [-0.15, -0.1) is 0 Å². The van der Waals surface area contributed by atoms with Crippen LogP contribution in [0, 0.1) is 11.8 Å². The zero-order valence-corrected chi connectivity index (χ0v) is 10.5. The highest BCUT2D eigenvalue weighted by molar-refractivity contribution is 5.00. The largest absolute Gasteiger partial charge is 0.414 e. The molecule has 0 amide bonds. The molecule has 2 aliphatic carbocycles. The van der Waals surface area contributed by atoms with Gasteiger partial charge in [-0.3, -0.25) is 0 Å². The van der Waals surface area contributed by atoms with Crippen LogP contribution >= 0.6 is 0 Å². The second kappa shape index (κ2) is 5.00. The molecule has 0 saturated heterocycles. The highest BCUT2D eigenvalue weighted by Crippen LogP contribution is 2.43. The van der Waals surface area contributed by atoms with Crippen molar-refractivity contribution < 1.29 is 18.3 Å². The number of hydrogen-bond acceptors (Lipinski definition) is 2. The second-order valence-corrected chi connectivity index (χ2v) is 6.25. The molecule has 106 valence electrons. The number of halogens is 3. The summed E-state index contributed by atoms with van der Waals surface area (Å²) in [5.74, 6) is 0.600. The summed E-state index contributed by atoms with van der Waals surface area (Å²) in [7, 11) is 0. The lowest BCUT2D eigenvalue weighted by Gasteiger charge is -2.31. The molecule has 5 heteroatoms. The molecule has 0 bridgehead atoms. The molecule has 0 aromatic rings. The van der Waals surface area contributed by atoms with Crippen LogP contribution in [0.2, 0.25) is 0 Å². The molecule has 2 fully saturated rings. The molecular formula is C13H22F3NO. The van der Waals surface area contributed by atoms with Crippen molar-refractivity contribution in [3.8, 4) is 0 Å². The van der Waals surface area contributed by atoms with Gasteiger partial charge in [-0.25, -0.2) is 0 Å². The zero-order chi connectivity index (χ0) is 13.4. The van der Waals surface area contributed by atoms with E-state index in [-0.39, 0.29) is 17.9 Å². The quantitative estimate of drug-likeness (QED) is 0.821. The first-order valence-corrected chi connectivity index (χ1v) is 6.82. The molecule has 2 rings (SSSR count). The maximum absolute atomic E-state index is 12.2. The van der Waals surface area contributed by atoms with E-state index in [4.69, 9.17) is 10.8 Å². The summed E-state index contributed by atoms with van der Waals surface area (Å²) in [5, 5.41) is 9.06. The molecule has 0 aromatic heterocycles. The number of aliphatic hydroxyl groups excluding tert-OH is 1. The molecule has 18 heavy (non-hydrogen) atoms. The van der Waals surface area contributed by atoms with Crippen LogP contribution in [0.4, 0.5) is 13.2 Å². The van der Waals surface area contributed by atoms with Gasteiger partial charge in [-0.1, -0.05) is 25.7 Å². The van der Waals surface area contributed by atoms with Gasteiger partial charge in [0.1, 0.15) is 6.10 Å². The van der Waals surface area contributed by atoms with Crippen molar-refractivity contribution >= 4 is 0 Å². The van der Waals surface area contributed by atoms with E-state index in [0.29, 0.717) is 5.92 Å². The Bertz CT molecular complexity index is 280. The van der Waals surface area contributed by atoms with Crippen molar-refractivity contribution in [2.24, 2.45) is 17.6 Å². The van der Waals surface area contributed by atoms with Crippen LogP contribution in [0.15, 0.2) is 0 Å². The number of rotatable bonds is 4. The third-order valence-electron chi connectivity index (χ3n) is 4.49. The molecule has 1 atom stereocenters. The van der Waals surface area contributed by atoms with Crippen molar-refractivity contribution in [3.05, 3.63) is 0 Å². The SMILES string of the molecule is NC1(CC2CCC(CC(O)C(F)(F)F)CC2)CC1. The Balaban J connectivity index is 1.70. The molecule has 2 aliphatic rings. The minimum atomic E-state index is -4.47. The molecule has 0 aliphatic heterocycles. The Morgan fingerprint density at radius 3 is 2.06 bits per heavy atom. The molecule has 0 aromatic carbocycles. The topological polar surface area (TPSA) is 46.2 Å². The average molecular weight is 265 g/mol. The molecule has 2 nitrogen and oxygen atoms in total. The van der Waals surface area contributed by atoms with E-state index in [9.17, 15) is 13.2 Å². The second-order valence-electron chi connectivity index (χ2n) is 6.25. The molecular weight excluding hydrogens is 243 g/mol. The first kappa shape index (κ1) is 14.1. The Morgan fingerprint density at radius 2 is 1.61 bits per heavy atom. The third kappa shape index (κ3) is 3.85. The fourth-order valence-electron chi connectivity index (χ4n) is 3.06. The number of hydrogen-bond donors (Lipinski definition) is 2. The van der Waals surface area contributed by atoms with Crippen LogP contribution in [0.1, 0.15) is 51.4 Å². The lowest BCUT2D eigenvalue weighted by Crippen LogP contribution is -2.32. The van der Waals surface area contributed by atoms with Crippen LogP contribution < -0.4 is 5.73 Å². The first-order valence-electron chi connectivity index (χ1n) is 6.82.